The van der Waals surface area contributed by atoms with Gasteiger partial charge in [0.15, 0.2) is 18.0 Å². The fraction of sp³-hybridized carbons (Fsp3) is 0.444. The lowest BCUT2D eigenvalue weighted by atomic mass is 10.3. The average molecular weight is 198 g/mol. The van der Waals surface area contributed by atoms with Crippen LogP contribution in [-0.2, 0) is 6.54 Å². The normalized spacial score (nSPS) is 21.2. The van der Waals surface area contributed by atoms with Gasteiger partial charge in [-0.3, -0.25) is 0 Å². The molecule has 0 spiro atoms. The van der Waals surface area contributed by atoms with E-state index in [1.54, 1.807) is 6.07 Å². The second-order valence-electron chi connectivity index (χ2n) is 3.24. The molecule has 0 radical (unpaired) electrons. The number of aliphatic hydroxyl groups excluding tert-OH is 1. The first kappa shape index (κ1) is 8.84. The molecule has 0 aliphatic carbocycles. The molecule has 3 nitrogen and oxygen atoms in total. The second kappa shape index (κ2) is 3.20. The Morgan fingerprint density at radius 2 is 2.31 bits per heavy atom. The van der Waals surface area contributed by atoms with Crippen molar-refractivity contribution in [3.8, 4) is 5.75 Å². The fourth-order valence-corrected chi connectivity index (χ4v) is 2.52. The molecule has 1 aliphatic rings. The number of hydrogen-bond acceptors (Lipinski definition) is 3. The summed E-state index contributed by atoms with van der Waals surface area (Å²) in [5.74, 6) is 0.972. The minimum atomic E-state index is -0.303. The summed E-state index contributed by atoms with van der Waals surface area (Å²) in [6.07, 6.45) is -0.303. The highest BCUT2D eigenvalue weighted by molar-refractivity contribution is 7.99. The Balaban J connectivity index is 2.51. The van der Waals surface area contributed by atoms with Crippen LogP contribution in [0.15, 0.2) is 17.2 Å². The minimum Gasteiger partial charge on any atom is -0.502 e. The van der Waals surface area contributed by atoms with Crippen LogP contribution >= 0.6 is 11.8 Å². The topological polar surface area (TPSA) is 44.3 Å². The molecule has 1 unspecified atom stereocenters. The third-order valence-electron chi connectivity index (χ3n) is 2.18. The van der Waals surface area contributed by atoms with Gasteiger partial charge in [-0.25, -0.2) is 0 Å². The van der Waals surface area contributed by atoms with Crippen molar-refractivity contribution in [2.75, 3.05) is 5.75 Å². The number of aromatic nitrogens is 1. The highest BCUT2D eigenvalue weighted by Gasteiger charge is 2.28. The van der Waals surface area contributed by atoms with Crippen LogP contribution in [0.3, 0.4) is 0 Å². The Labute approximate surface area is 81.0 Å². The molecular formula is C9H12NO2S+. The molecule has 1 aromatic heterocycles. The molecule has 0 amide bonds. The van der Waals surface area contributed by atoms with E-state index in [2.05, 4.69) is 0 Å². The van der Waals surface area contributed by atoms with Crippen molar-refractivity contribution in [1.29, 1.82) is 0 Å². The molecule has 0 aromatic carbocycles. The van der Waals surface area contributed by atoms with Crippen molar-refractivity contribution in [2.45, 2.75) is 24.6 Å². The van der Waals surface area contributed by atoms with Gasteiger partial charge in [0, 0.05) is 18.7 Å². The largest absolute Gasteiger partial charge is 0.502 e. The first-order valence-electron chi connectivity index (χ1n) is 4.22. The summed E-state index contributed by atoms with van der Waals surface area (Å²) in [5.41, 5.74) is 1.07. The van der Waals surface area contributed by atoms with Gasteiger partial charge < -0.3 is 10.2 Å². The Hall–Kier alpha value is -0.740. The molecule has 70 valence electrons. The second-order valence-corrected chi connectivity index (χ2v) is 4.25. The van der Waals surface area contributed by atoms with Crippen molar-refractivity contribution < 1.29 is 14.8 Å². The molecule has 0 saturated carbocycles. The highest BCUT2D eigenvalue weighted by atomic mass is 32.2. The van der Waals surface area contributed by atoms with Gasteiger partial charge in [-0.2, -0.15) is 4.57 Å². The predicted molar refractivity (Wildman–Crippen MR) is 49.8 cm³/mol. The maximum atomic E-state index is 9.54. The molecule has 1 atom stereocenters. The minimum absolute atomic E-state index is 0.303. The first-order valence-corrected chi connectivity index (χ1v) is 5.20. The van der Waals surface area contributed by atoms with Crippen LogP contribution in [0.4, 0.5) is 0 Å². The number of thioether (sulfide) groups is 1. The summed E-state index contributed by atoms with van der Waals surface area (Å²) in [4.78, 5) is 0. The van der Waals surface area contributed by atoms with Gasteiger partial charge in [-0.1, -0.05) is 11.8 Å². The first-order chi connectivity index (χ1) is 6.18. The quantitative estimate of drug-likeness (QED) is 0.595. The van der Waals surface area contributed by atoms with Crippen molar-refractivity contribution >= 4 is 11.8 Å². The van der Waals surface area contributed by atoms with Gasteiger partial charge in [0.05, 0.1) is 0 Å². The van der Waals surface area contributed by atoms with Crippen molar-refractivity contribution in [2.24, 2.45) is 0 Å². The van der Waals surface area contributed by atoms with Crippen LogP contribution in [-0.4, -0.2) is 22.1 Å². The van der Waals surface area contributed by atoms with Gasteiger partial charge in [-0.15, -0.1) is 0 Å². The lowest BCUT2D eigenvalue weighted by Gasteiger charge is -2.16. The summed E-state index contributed by atoms with van der Waals surface area (Å²) in [6, 6.07) is 3.56. The predicted octanol–water partition coefficient (Wildman–Crippen LogP) is 0.455. The van der Waals surface area contributed by atoms with Crippen LogP contribution in [0.1, 0.15) is 5.69 Å². The van der Waals surface area contributed by atoms with E-state index in [0.29, 0.717) is 18.0 Å². The van der Waals surface area contributed by atoms with E-state index >= 15 is 0 Å². The standard InChI is InChI=1S/C9H11NO2S/c1-6-2-3-8(12)9-10(6)4-7(11)5-13-9/h2-3,7,11H,4-5H2,1H3/p+1. The monoisotopic (exact) mass is 198 g/mol. The molecule has 1 aromatic rings. The number of fused-ring (bicyclic) bond motifs is 1. The summed E-state index contributed by atoms with van der Waals surface area (Å²) < 4.78 is 1.95. The number of aliphatic hydroxyl groups is 1. The van der Waals surface area contributed by atoms with E-state index < -0.39 is 0 Å². The Kier molecular flexibility index (Phi) is 2.17. The smallest absolute Gasteiger partial charge is 0.282 e. The van der Waals surface area contributed by atoms with Gasteiger partial charge >= 0.3 is 0 Å². The molecule has 0 saturated heterocycles. The molecule has 2 N–H and O–H groups in total. The van der Waals surface area contributed by atoms with Crippen LogP contribution in [0, 0.1) is 6.92 Å². The van der Waals surface area contributed by atoms with Gasteiger partial charge in [0.2, 0.25) is 0 Å². The molecule has 2 heterocycles. The third-order valence-corrected chi connectivity index (χ3v) is 3.43. The lowest BCUT2D eigenvalue weighted by molar-refractivity contribution is -0.745. The van der Waals surface area contributed by atoms with E-state index in [0.717, 1.165) is 10.7 Å². The maximum absolute atomic E-state index is 9.54. The van der Waals surface area contributed by atoms with Gasteiger partial charge in [0.25, 0.3) is 5.03 Å². The Morgan fingerprint density at radius 3 is 3.08 bits per heavy atom. The number of aromatic hydroxyl groups is 1. The molecule has 1 aliphatic heterocycles. The van der Waals surface area contributed by atoms with E-state index in [9.17, 15) is 10.2 Å². The van der Waals surface area contributed by atoms with Gasteiger partial charge in [0.1, 0.15) is 6.10 Å². The Morgan fingerprint density at radius 1 is 1.54 bits per heavy atom. The number of pyridine rings is 1. The van der Waals surface area contributed by atoms with E-state index in [-0.39, 0.29) is 6.10 Å². The van der Waals surface area contributed by atoms with Crippen molar-refractivity contribution in [3.63, 3.8) is 0 Å². The average Bonchev–Trinajstić information content (AvgIpc) is 2.12. The molecule has 13 heavy (non-hydrogen) atoms. The third kappa shape index (κ3) is 1.51. The SMILES string of the molecule is Cc1ccc(O)c2[n+]1CC(O)CS2. The number of aryl methyl sites for hydroxylation is 1. The zero-order chi connectivity index (χ0) is 9.42. The maximum Gasteiger partial charge on any atom is 0.282 e. The summed E-state index contributed by atoms with van der Waals surface area (Å²) in [7, 11) is 0. The highest BCUT2D eigenvalue weighted by Crippen LogP contribution is 2.28. The van der Waals surface area contributed by atoms with Crippen molar-refractivity contribution in [3.05, 3.63) is 17.8 Å². The van der Waals surface area contributed by atoms with E-state index in [1.165, 1.54) is 11.8 Å². The van der Waals surface area contributed by atoms with Gasteiger partial charge in [-0.05, 0) is 6.07 Å². The molecule has 2 rings (SSSR count). The van der Waals surface area contributed by atoms with E-state index in [4.69, 9.17) is 0 Å². The fourth-order valence-electron chi connectivity index (χ4n) is 1.48. The molecule has 0 fully saturated rings. The zero-order valence-electron chi connectivity index (χ0n) is 7.40. The van der Waals surface area contributed by atoms with Crippen LogP contribution in [0.5, 0.6) is 5.75 Å². The number of nitrogens with zero attached hydrogens (tertiary/aromatic N) is 1. The summed E-state index contributed by atoms with van der Waals surface area (Å²) >= 11 is 1.50. The molecule has 0 bridgehead atoms. The number of rotatable bonds is 0. The van der Waals surface area contributed by atoms with Crippen LogP contribution < -0.4 is 4.57 Å². The summed E-state index contributed by atoms with van der Waals surface area (Å²) in [6.45, 7) is 2.56. The van der Waals surface area contributed by atoms with Crippen LogP contribution in [0.2, 0.25) is 0 Å². The lowest BCUT2D eigenvalue weighted by Crippen LogP contribution is -2.48. The van der Waals surface area contributed by atoms with Crippen molar-refractivity contribution in [1.82, 2.24) is 0 Å². The summed E-state index contributed by atoms with van der Waals surface area (Å²) in [5, 5.41) is 19.9. The molecular weight excluding hydrogens is 186 g/mol. The Bertz CT molecular complexity index is 341. The number of hydrogen-bond donors (Lipinski definition) is 2. The molecule has 4 heteroatoms. The van der Waals surface area contributed by atoms with E-state index in [1.807, 2.05) is 17.6 Å². The zero-order valence-corrected chi connectivity index (χ0v) is 8.21. The van der Waals surface area contributed by atoms with Crippen LogP contribution in [0.25, 0.3) is 0 Å².